The Labute approximate surface area is 138 Å². The van der Waals surface area contributed by atoms with Crippen molar-refractivity contribution in [3.05, 3.63) is 39.4 Å². The fourth-order valence-electron chi connectivity index (χ4n) is 1.80. The van der Waals surface area contributed by atoms with Crippen molar-refractivity contribution in [2.24, 2.45) is 0 Å². The number of nitrogens with zero attached hydrogens (tertiary/aromatic N) is 1. The van der Waals surface area contributed by atoms with Gasteiger partial charge in [-0.25, -0.2) is 9.59 Å². The number of benzene rings is 1. The summed E-state index contributed by atoms with van der Waals surface area (Å²) in [5.41, 5.74) is -0.332. The van der Waals surface area contributed by atoms with Crippen molar-refractivity contribution >= 4 is 23.6 Å². The molecule has 3 amide bonds. The lowest BCUT2D eigenvalue weighted by Gasteiger charge is -2.11. The number of hydrogen-bond acceptors (Lipinski definition) is 6. The maximum Gasteiger partial charge on any atom is 0.345 e. The third-order valence-corrected chi connectivity index (χ3v) is 3.22. The molecule has 0 aliphatic heterocycles. The average molecular weight is 337 g/mol. The highest BCUT2D eigenvalue weighted by Gasteiger charge is 2.24. The zero-order chi connectivity index (χ0) is 18.3. The third-order valence-electron chi connectivity index (χ3n) is 3.22. The Morgan fingerprint density at radius 1 is 1.33 bits per heavy atom. The molecular weight excluding hydrogens is 318 g/mol. The van der Waals surface area contributed by atoms with Crippen LogP contribution in [-0.4, -0.2) is 35.5 Å². The van der Waals surface area contributed by atoms with Crippen molar-refractivity contribution in [3.63, 3.8) is 0 Å². The molecule has 0 aliphatic carbocycles. The summed E-state index contributed by atoms with van der Waals surface area (Å²) < 4.78 is 4.73. The molecule has 0 saturated carbocycles. The lowest BCUT2D eigenvalue weighted by atomic mass is 10.1. The Bertz CT molecular complexity index is 659. The molecule has 0 aliphatic rings. The van der Waals surface area contributed by atoms with Gasteiger partial charge in [-0.3, -0.25) is 20.2 Å². The molecule has 1 aromatic rings. The molecule has 0 heterocycles. The highest BCUT2D eigenvalue weighted by molar-refractivity contribution is 5.98. The first-order valence-electron chi connectivity index (χ1n) is 7.27. The van der Waals surface area contributed by atoms with E-state index < -0.39 is 29.4 Å². The van der Waals surface area contributed by atoms with Gasteiger partial charge in [-0.15, -0.1) is 0 Å². The van der Waals surface area contributed by atoms with E-state index in [4.69, 9.17) is 4.74 Å². The number of nitrogens with one attached hydrogen (secondary N) is 2. The van der Waals surface area contributed by atoms with E-state index in [-0.39, 0.29) is 17.3 Å². The van der Waals surface area contributed by atoms with Gasteiger partial charge in [-0.1, -0.05) is 19.1 Å². The van der Waals surface area contributed by atoms with Crippen LogP contribution in [0.5, 0.6) is 0 Å². The summed E-state index contributed by atoms with van der Waals surface area (Å²) in [6, 6.07) is 3.38. The van der Waals surface area contributed by atoms with Crippen molar-refractivity contribution < 1.29 is 24.0 Å². The summed E-state index contributed by atoms with van der Waals surface area (Å²) in [4.78, 5) is 45.3. The summed E-state index contributed by atoms with van der Waals surface area (Å²) in [5, 5.41) is 15.5. The summed E-state index contributed by atoms with van der Waals surface area (Å²) in [5.74, 6) is -1.85. The maximum absolute atomic E-state index is 11.9. The molecule has 9 heteroatoms. The van der Waals surface area contributed by atoms with Gasteiger partial charge in [-0.2, -0.15) is 0 Å². The predicted octanol–water partition coefficient (Wildman–Crippen LogP) is 1.68. The normalized spacial score (nSPS) is 11.3. The second-order valence-corrected chi connectivity index (χ2v) is 5.14. The quantitative estimate of drug-likeness (QED) is 0.462. The minimum absolute atomic E-state index is 0.115. The van der Waals surface area contributed by atoms with E-state index in [1.54, 1.807) is 6.92 Å². The Morgan fingerprint density at radius 2 is 2.00 bits per heavy atom. The topological polar surface area (TPSA) is 128 Å². The van der Waals surface area contributed by atoms with E-state index in [9.17, 15) is 24.5 Å². The lowest BCUT2D eigenvalue weighted by molar-refractivity contribution is -0.385. The molecule has 130 valence electrons. The summed E-state index contributed by atoms with van der Waals surface area (Å²) in [7, 11) is 0. The molecule has 0 bridgehead atoms. The number of imide groups is 1. The number of ether oxygens (including phenoxy) is 1. The van der Waals surface area contributed by atoms with E-state index in [0.29, 0.717) is 12.0 Å². The molecule has 0 aromatic heterocycles. The van der Waals surface area contributed by atoms with Crippen LogP contribution in [0, 0.1) is 17.0 Å². The van der Waals surface area contributed by atoms with Gasteiger partial charge in [0, 0.05) is 11.6 Å². The smallest absolute Gasteiger partial charge is 0.345 e. The van der Waals surface area contributed by atoms with Crippen molar-refractivity contribution in [1.29, 1.82) is 0 Å². The van der Waals surface area contributed by atoms with E-state index in [2.05, 4.69) is 5.32 Å². The Kier molecular flexibility index (Phi) is 6.84. The molecule has 1 rings (SSSR count). The Morgan fingerprint density at radius 3 is 2.58 bits per heavy atom. The molecule has 9 nitrogen and oxygen atoms in total. The van der Waals surface area contributed by atoms with Gasteiger partial charge in [0.15, 0.2) is 6.61 Å². The standard InChI is InChI=1S/C15H19N3O6/c1-4-10(3)16-15(21)17-12(19)8-24-14(20)11-7-5-6-9(2)13(11)18(22)23/h5-7,10H,4,8H2,1-3H3,(H2,16,17,19,21)/t10-/m1/s1. The van der Waals surface area contributed by atoms with Crippen LogP contribution in [0.15, 0.2) is 18.2 Å². The van der Waals surface area contributed by atoms with Gasteiger partial charge in [-0.05, 0) is 26.3 Å². The molecule has 1 atom stereocenters. The number of urea groups is 1. The lowest BCUT2D eigenvalue weighted by Crippen LogP contribution is -2.44. The first-order chi connectivity index (χ1) is 11.3. The molecule has 0 saturated heterocycles. The number of hydrogen-bond donors (Lipinski definition) is 2. The van der Waals surface area contributed by atoms with Crippen LogP contribution in [0.1, 0.15) is 36.2 Å². The maximum atomic E-state index is 11.9. The van der Waals surface area contributed by atoms with Crippen molar-refractivity contribution in [2.45, 2.75) is 33.2 Å². The number of para-hydroxylation sites is 1. The molecule has 0 unspecified atom stereocenters. The largest absolute Gasteiger partial charge is 0.452 e. The summed E-state index contributed by atoms with van der Waals surface area (Å²) in [6.45, 7) is 4.39. The average Bonchev–Trinajstić information content (AvgIpc) is 2.51. The fourth-order valence-corrected chi connectivity index (χ4v) is 1.80. The molecule has 2 N–H and O–H groups in total. The zero-order valence-corrected chi connectivity index (χ0v) is 13.6. The van der Waals surface area contributed by atoms with Crippen LogP contribution in [0.3, 0.4) is 0 Å². The number of esters is 1. The van der Waals surface area contributed by atoms with Crippen molar-refractivity contribution in [1.82, 2.24) is 10.6 Å². The number of aryl methyl sites for hydroxylation is 1. The first-order valence-corrected chi connectivity index (χ1v) is 7.27. The van der Waals surface area contributed by atoms with Gasteiger partial charge >= 0.3 is 12.0 Å². The van der Waals surface area contributed by atoms with E-state index in [0.717, 1.165) is 0 Å². The van der Waals surface area contributed by atoms with Crippen LogP contribution in [0.2, 0.25) is 0 Å². The van der Waals surface area contributed by atoms with Crippen LogP contribution >= 0.6 is 0 Å². The van der Waals surface area contributed by atoms with Gasteiger partial charge in [0.25, 0.3) is 11.6 Å². The van der Waals surface area contributed by atoms with Crippen LogP contribution < -0.4 is 10.6 Å². The minimum Gasteiger partial charge on any atom is -0.452 e. The number of nitro benzene ring substituents is 1. The van der Waals surface area contributed by atoms with Gasteiger partial charge in [0.2, 0.25) is 0 Å². The molecular formula is C15H19N3O6. The molecule has 1 aromatic carbocycles. The zero-order valence-electron chi connectivity index (χ0n) is 13.6. The van der Waals surface area contributed by atoms with Crippen LogP contribution in [-0.2, 0) is 9.53 Å². The second kappa shape index (κ2) is 8.61. The third kappa shape index (κ3) is 5.34. The van der Waals surface area contributed by atoms with E-state index in [1.807, 2.05) is 12.2 Å². The van der Waals surface area contributed by atoms with Crippen LogP contribution in [0.25, 0.3) is 0 Å². The fraction of sp³-hybridized carbons (Fsp3) is 0.400. The minimum atomic E-state index is -1.01. The van der Waals surface area contributed by atoms with Crippen LogP contribution in [0.4, 0.5) is 10.5 Å². The van der Waals surface area contributed by atoms with Gasteiger partial charge < -0.3 is 10.1 Å². The number of nitro groups is 1. The molecule has 0 fully saturated rings. The van der Waals surface area contributed by atoms with Crippen molar-refractivity contribution in [2.75, 3.05) is 6.61 Å². The SMILES string of the molecule is CC[C@@H](C)NC(=O)NC(=O)COC(=O)c1cccc(C)c1[N+](=O)[O-]. The van der Waals surface area contributed by atoms with Gasteiger partial charge in [0.1, 0.15) is 5.56 Å². The summed E-state index contributed by atoms with van der Waals surface area (Å²) >= 11 is 0. The highest BCUT2D eigenvalue weighted by atomic mass is 16.6. The van der Waals surface area contributed by atoms with Crippen molar-refractivity contribution in [3.8, 4) is 0 Å². The Balaban J connectivity index is 2.64. The summed E-state index contributed by atoms with van der Waals surface area (Å²) in [6.07, 6.45) is 0.688. The molecule has 0 radical (unpaired) electrons. The molecule has 0 spiro atoms. The van der Waals surface area contributed by atoms with E-state index >= 15 is 0 Å². The number of amides is 3. The highest BCUT2D eigenvalue weighted by Crippen LogP contribution is 2.23. The number of carbonyl (C=O) groups excluding carboxylic acids is 3. The first kappa shape index (κ1) is 19.1. The number of rotatable bonds is 6. The number of carbonyl (C=O) groups is 3. The second-order valence-electron chi connectivity index (χ2n) is 5.14. The monoisotopic (exact) mass is 337 g/mol. The van der Waals surface area contributed by atoms with E-state index in [1.165, 1.54) is 25.1 Å². The Hall–Kier alpha value is -2.97. The van der Waals surface area contributed by atoms with Gasteiger partial charge in [0.05, 0.1) is 4.92 Å². The predicted molar refractivity (Wildman–Crippen MR) is 84.5 cm³/mol. The molecule has 24 heavy (non-hydrogen) atoms.